The molecule has 3 N–H and O–H groups in total. The average molecular weight is 399 g/mol. The van der Waals surface area contributed by atoms with Crippen molar-refractivity contribution < 1.29 is 4.79 Å². The summed E-state index contributed by atoms with van der Waals surface area (Å²) in [5, 5.41) is 4.12. The fraction of sp³-hybridized carbons (Fsp3) is 0.474. The summed E-state index contributed by atoms with van der Waals surface area (Å²) < 4.78 is 0. The highest BCUT2D eigenvalue weighted by molar-refractivity contribution is 5.88. The number of hydrogen-bond acceptors (Lipinski definition) is 4. The molecule has 2 aromatic rings. The molecule has 1 heterocycles. The topological polar surface area (TPSA) is 71.2 Å². The Bertz CT molecular complexity index is 745. The summed E-state index contributed by atoms with van der Waals surface area (Å²) in [5.41, 5.74) is 7.63. The van der Waals surface area contributed by atoms with Crippen LogP contribution in [-0.2, 0) is 11.3 Å². The normalized spacial score (nSPS) is 15.5. The number of hydrogen-bond donors (Lipinski definition) is 2. The van der Waals surface area contributed by atoms with Gasteiger partial charge in [0.25, 0.3) is 0 Å². The number of fused-ring (bicyclic) bond motifs is 1. The second-order valence-corrected chi connectivity index (χ2v) is 6.95. The Hall–Kier alpha value is -1.56. The largest absolute Gasteiger partial charge is 0.363 e. The quantitative estimate of drug-likeness (QED) is 0.827. The number of para-hydroxylation sites is 1. The van der Waals surface area contributed by atoms with Gasteiger partial charge in [0, 0.05) is 26.0 Å². The van der Waals surface area contributed by atoms with Crippen LogP contribution in [0.15, 0.2) is 30.3 Å². The number of nitrogens with one attached hydrogen (secondary N) is 1. The number of nitrogens with two attached hydrogens (primary N) is 1. The molecule has 5 nitrogen and oxygen atoms in total. The summed E-state index contributed by atoms with van der Waals surface area (Å²) in [4.78, 5) is 19.2. The molecule has 26 heavy (non-hydrogen) atoms. The Balaban J connectivity index is 0.00000169. The first-order valence-electron chi connectivity index (χ1n) is 8.63. The molecule has 1 saturated carbocycles. The molecule has 7 heteroatoms. The van der Waals surface area contributed by atoms with Crippen molar-refractivity contribution in [2.75, 3.05) is 19.0 Å². The smallest absolute Gasteiger partial charge is 0.240 e. The maximum atomic E-state index is 12.6. The number of pyridine rings is 1. The molecule has 0 atom stereocenters. The van der Waals surface area contributed by atoms with E-state index in [2.05, 4.69) is 10.3 Å². The van der Waals surface area contributed by atoms with Crippen LogP contribution in [0.5, 0.6) is 0 Å². The van der Waals surface area contributed by atoms with Gasteiger partial charge in [-0.15, -0.1) is 24.8 Å². The standard InChI is InChI=1S/C19H26N4O.2ClH/c1-23(2)17-12-14(15-8-4-5-9-16(15)22-17)13-21-18(24)19(20)10-6-3-7-11-19;;/h4-5,8-9,12H,3,6-7,10-11,13,20H2,1-2H3,(H,21,24);2*1H. The monoisotopic (exact) mass is 398 g/mol. The lowest BCUT2D eigenvalue weighted by Crippen LogP contribution is -2.54. The number of rotatable bonds is 4. The van der Waals surface area contributed by atoms with Gasteiger partial charge in [-0.25, -0.2) is 4.98 Å². The second-order valence-electron chi connectivity index (χ2n) is 6.95. The number of aromatic nitrogens is 1. The average Bonchev–Trinajstić information content (AvgIpc) is 2.59. The Kier molecular flexibility index (Phi) is 8.13. The van der Waals surface area contributed by atoms with Crippen molar-refractivity contribution in [3.8, 4) is 0 Å². The van der Waals surface area contributed by atoms with Gasteiger partial charge >= 0.3 is 0 Å². The highest BCUT2D eigenvalue weighted by Crippen LogP contribution is 2.27. The SMILES string of the molecule is CN(C)c1cc(CNC(=O)C2(N)CCCCC2)c2ccccc2n1.Cl.Cl. The lowest BCUT2D eigenvalue weighted by Gasteiger charge is -2.31. The van der Waals surface area contributed by atoms with E-state index < -0.39 is 5.54 Å². The molecule has 0 spiro atoms. The number of anilines is 1. The molecule has 0 bridgehead atoms. The molecule has 1 aromatic carbocycles. The summed E-state index contributed by atoms with van der Waals surface area (Å²) in [6.07, 6.45) is 4.80. The van der Waals surface area contributed by atoms with Crippen molar-refractivity contribution in [2.45, 2.75) is 44.2 Å². The molecular weight excluding hydrogens is 371 g/mol. The molecule has 0 aliphatic heterocycles. The van der Waals surface area contributed by atoms with Crippen LogP contribution >= 0.6 is 24.8 Å². The fourth-order valence-electron chi connectivity index (χ4n) is 3.37. The first-order chi connectivity index (χ1) is 11.5. The highest BCUT2D eigenvalue weighted by atomic mass is 35.5. The summed E-state index contributed by atoms with van der Waals surface area (Å²) in [6.45, 7) is 0.474. The van der Waals surface area contributed by atoms with Crippen LogP contribution in [-0.4, -0.2) is 30.5 Å². The van der Waals surface area contributed by atoms with Gasteiger partial charge in [0.2, 0.25) is 5.91 Å². The van der Waals surface area contributed by atoms with Gasteiger partial charge in [0.1, 0.15) is 5.82 Å². The molecule has 3 rings (SSSR count). The molecular formula is C19H28Cl2N4O. The van der Waals surface area contributed by atoms with Crippen LogP contribution in [0, 0.1) is 0 Å². The lowest BCUT2D eigenvalue weighted by molar-refractivity contribution is -0.127. The van der Waals surface area contributed by atoms with Gasteiger partial charge in [0.15, 0.2) is 0 Å². The van der Waals surface area contributed by atoms with Crippen LogP contribution in [0.3, 0.4) is 0 Å². The minimum atomic E-state index is -0.703. The van der Waals surface area contributed by atoms with Crippen molar-refractivity contribution in [1.82, 2.24) is 10.3 Å². The molecule has 0 radical (unpaired) electrons. The predicted octanol–water partition coefficient (Wildman–Crippen LogP) is 3.42. The second kappa shape index (κ2) is 9.40. The maximum Gasteiger partial charge on any atom is 0.240 e. The van der Waals surface area contributed by atoms with Crippen LogP contribution in [0.4, 0.5) is 5.82 Å². The van der Waals surface area contributed by atoms with Crippen molar-refractivity contribution in [3.05, 3.63) is 35.9 Å². The van der Waals surface area contributed by atoms with Crippen LogP contribution in [0.25, 0.3) is 10.9 Å². The number of carbonyl (C=O) groups is 1. The Morgan fingerprint density at radius 3 is 2.50 bits per heavy atom. The van der Waals surface area contributed by atoms with Crippen molar-refractivity contribution in [2.24, 2.45) is 5.73 Å². The molecule has 1 aliphatic rings. The van der Waals surface area contributed by atoms with E-state index in [9.17, 15) is 4.79 Å². The number of carbonyl (C=O) groups excluding carboxylic acids is 1. The highest BCUT2D eigenvalue weighted by Gasteiger charge is 2.34. The van der Waals surface area contributed by atoms with Crippen LogP contribution in [0.2, 0.25) is 0 Å². The molecule has 1 amide bonds. The van der Waals surface area contributed by atoms with Crippen molar-refractivity contribution in [1.29, 1.82) is 0 Å². The van der Waals surface area contributed by atoms with E-state index in [4.69, 9.17) is 5.73 Å². The third kappa shape index (κ3) is 4.78. The minimum absolute atomic E-state index is 0. The Labute approximate surface area is 167 Å². The van der Waals surface area contributed by atoms with E-state index >= 15 is 0 Å². The zero-order valence-electron chi connectivity index (χ0n) is 15.3. The van der Waals surface area contributed by atoms with E-state index in [1.807, 2.05) is 49.3 Å². The Morgan fingerprint density at radius 1 is 1.19 bits per heavy atom. The van der Waals surface area contributed by atoms with Gasteiger partial charge in [-0.1, -0.05) is 37.5 Å². The van der Waals surface area contributed by atoms with Gasteiger partial charge in [-0.05, 0) is 30.5 Å². The predicted molar refractivity (Wildman–Crippen MR) is 112 cm³/mol. The molecule has 0 saturated heterocycles. The van der Waals surface area contributed by atoms with E-state index in [0.29, 0.717) is 6.54 Å². The minimum Gasteiger partial charge on any atom is -0.363 e. The lowest BCUT2D eigenvalue weighted by atomic mass is 9.82. The van der Waals surface area contributed by atoms with E-state index in [1.54, 1.807) is 0 Å². The fourth-order valence-corrected chi connectivity index (χ4v) is 3.37. The Morgan fingerprint density at radius 2 is 1.85 bits per heavy atom. The van der Waals surface area contributed by atoms with Gasteiger partial charge in [0.05, 0.1) is 11.1 Å². The van der Waals surface area contributed by atoms with Crippen molar-refractivity contribution in [3.63, 3.8) is 0 Å². The zero-order chi connectivity index (χ0) is 17.2. The van der Waals surface area contributed by atoms with Gasteiger partial charge in [-0.2, -0.15) is 0 Å². The number of benzene rings is 1. The van der Waals surface area contributed by atoms with Gasteiger partial charge in [-0.3, -0.25) is 4.79 Å². The van der Waals surface area contributed by atoms with E-state index in [1.165, 1.54) is 6.42 Å². The molecule has 0 unspecified atom stereocenters. The molecule has 144 valence electrons. The van der Waals surface area contributed by atoms with Gasteiger partial charge < -0.3 is 16.0 Å². The molecule has 1 aromatic heterocycles. The van der Waals surface area contributed by atoms with Crippen LogP contribution < -0.4 is 16.0 Å². The third-order valence-corrected chi connectivity index (χ3v) is 4.88. The maximum absolute atomic E-state index is 12.6. The van der Waals surface area contributed by atoms with E-state index in [0.717, 1.165) is 48.0 Å². The third-order valence-electron chi connectivity index (χ3n) is 4.88. The first-order valence-corrected chi connectivity index (χ1v) is 8.63. The summed E-state index contributed by atoms with van der Waals surface area (Å²) in [6, 6.07) is 10.1. The number of amides is 1. The number of nitrogens with zero attached hydrogens (tertiary/aromatic N) is 2. The first kappa shape index (κ1) is 22.5. The molecule has 1 fully saturated rings. The molecule has 1 aliphatic carbocycles. The zero-order valence-corrected chi connectivity index (χ0v) is 17.0. The van der Waals surface area contributed by atoms with Crippen LogP contribution in [0.1, 0.15) is 37.7 Å². The van der Waals surface area contributed by atoms with Crippen molar-refractivity contribution >= 4 is 47.4 Å². The summed E-state index contributed by atoms with van der Waals surface area (Å²) in [7, 11) is 3.94. The number of halogens is 2. The van der Waals surface area contributed by atoms with E-state index in [-0.39, 0.29) is 30.7 Å². The summed E-state index contributed by atoms with van der Waals surface area (Å²) >= 11 is 0. The summed E-state index contributed by atoms with van der Waals surface area (Å²) in [5.74, 6) is 0.854.